The van der Waals surface area contributed by atoms with Crippen LogP contribution in [0.3, 0.4) is 0 Å². The van der Waals surface area contributed by atoms with Gasteiger partial charge in [-0.25, -0.2) is 9.07 Å². The van der Waals surface area contributed by atoms with Crippen molar-refractivity contribution >= 4 is 0 Å². The predicted molar refractivity (Wildman–Crippen MR) is 79.6 cm³/mol. The zero-order valence-electron chi connectivity index (χ0n) is 11.6. The highest BCUT2D eigenvalue weighted by Gasteiger charge is 2.11. The van der Waals surface area contributed by atoms with Crippen LogP contribution in [-0.2, 0) is 6.61 Å². The molecule has 1 aromatic heterocycles. The van der Waals surface area contributed by atoms with E-state index in [0.29, 0.717) is 11.3 Å². The molecule has 0 bridgehead atoms. The Labute approximate surface area is 122 Å². The molecule has 21 heavy (non-hydrogen) atoms. The van der Waals surface area contributed by atoms with E-state index in [1.807, 2.05) is 31.2 Å². The van der Waals surface area contributed by atoms with Crippen molar-refractivity contribution in [3.63, 3.8) is 0 Å². The van der Waals surface area contributed by atoms with Gasteiger partial charge in [0.1, 0.15) is 5.82 Å². The van der Waals surface area contributed by atoms with E-state index in [0.717, 1.165) is 16.8 Å². The van der Waals surface area contributed by atoms with Crippen molar-refractivity contribution in [3.8, 4) is 16.9 Å². The lowest BCUT2D eigenvalue weighted by atomic mass is 10.1. The van der Waals surface area contributed by atoms with E-state index < -0.39 is 0 Å². The Balaban J connectivity index is 2.08. The molecule has 0 spiro atoms. The van der Waals surface area contributed by atoms with Crippen molar-refractivity contribution in [1.29, 1.82) is 0 Å². The molecule has 0 atom stereocenters. The minimum atomic E-state index is -0.289. The first-order chi connectivity index (χ1) is 10.2. The van der Waals surface area contributed by atoms with Gasteiger partial charge in [0.05, 0.1) is 18.0 Å². The van der Waals surface area contributed by atoms with Crippen molar-refractivity contribution in [2.75, 3.05) is 0 Å². The van der Waals surface area contributed by atoms with Crippen molar-refractivity contribution in [3.05, 3.63) is 71.7 Å². The van der Waals surface area contributed by atoms with Gasteiger partial charge in [0.2, 0.25) is 0 Å². The van der Waals surface area contributed by atoms with Gasteiger partial charge < -0.3 is 5.11 Å². The first kappa shape index (κ1) is 13.5. The predicted octanol–water partition coefficient (Wildman–Crippen LogP) is 3.48. The Morgan fingerprint density at radius 2 is 1.90 bits per heavy atom. The van der Waals surface area contributed by atoms with E-state index in [1.54, 1.807) is 23.0 Å². The molecule has 0 aliphatic rings. The topological polar surface area (TPSA) is 38.0 Å². The molecule has 1 N–H and O–H groups in total. The van der Waals surface area contributed by atoms with Gasteiger partial charge in [0.15, 0.2) is 0 Å². The summed E-state index contributed by atoms with van der Waals surface area (Å²) in [5, 5.41) is 14.0. The fourth-order valence-corrected chi connectivity index (χ4v) is 2.28. The standard InChI is InChI=1S/C17H15FN2O/c1-12-3-2-4-16(9-12)20-10-14(11-21)17(19-20)13-5-7-15(18)8-6-13/h2-10,21H,11H2,1H3. The van der Waals surface area contributed by atoms with Gasteiger partial charge in [-0.05, 0) is 48.9 Å². The maximum Gasteiger partial charge on any atom is 0.123 e. The summed E-state index contributed by atoms with van der Waals surface area (Å²) in [6.45, 7) is 1.90. The number of aryl methyl sites for hydroxylation is 1. The van der Waals surface area contributed by atoms with Gasteiger partial charge in [-0.3, -0.25) is 0 Å². The Morgan fingerprint density at radius 1 is 1.14 bits per heavy atom. The Morgan fingerprint density at radius 3 is 2.57 bits per heavy atom. The number of aliphatic hydroxyl groups excluding tert-OH is 1. The fraction of sp³-hybridized carbons (Fsp3) is 0.118. The van der Waals surface area contributed by atoms with Gasteiger partial charge in [0, 0.05) is 17.3 Å². The van der Waals surface area contributed by atoms with Crippen LogP contribution in [0.25, 0.3) is 16.9 Å². The monoisotopic (exact) mass is 282 g/mol. The summed E-state index contributed by atoms with van der Waals surface area (Å²) in [5.41, 5.74) is 4.23. The Kier molecular flexibility index (Phi) is 3.54. The lowest BCUT2D eigenvalue weighted by Gasteiger charge is -2.02. The van der Waals surface area contributed by atoms with Crippen molar-refractivity contribution < 1.29 is 9.50 Å². The van der Waals surface area contributed by atoms with Crippen LogP contribution in [0.4, 0.5) is 4.39 Å². The molecule has 1 heterocycles. The molecule has 3 rings (SSSR count). The van der Waals surface area contributed by atoms with Crippen LogP contribution in [0.15, 0.2) is 54.7 Å². The smallest absolute Gasteiger partial charge is 0.123 e. The molecule has 0 radical (unpaired) electrons. The van der Waals surface area contributed by atoms with E-state index >= 15 is 0 Å². The molecule has 0 saturated heterocycles. The van der Waals surface area contributed by atoms with Crippen LogP contribution in [0.5, 0.6) is 0 Å². The lowest BCUT2D eigenvalue weighted by molar-refractivity contribution is 0.282. The molecule has 0 aliphatic carbocycles. The molecule has 0 fully saturated rings. The summed E-state index contributed by atoms with van der Waals surface area (Å²) in [6.07, 6.45) is 1.80. The molecular formula is C17H15FN2O. The molecule has 3 nitrogen and oxygen atoms in total. The Bertz CT molecular complexity index is 763. The van der Waals surface area contributed by atoms with Gasteiger partial charge in [-0.15, -0.1) is 0 Å². The van der Waals surface area contributed by atoms with Gasteiger partial charge in [-0.1, -0.05) is 12.1 Å². The molecule has 0 amide bonds. The first-order valence-electron chi connectivity index (χ1n) is 6.70. The highest BCUT2D eigenvalue weighted by Crippen LogP contribution is 2.24. The quantitative estimate of drug-likeness (QED) is 0.798. The van der Waals surface area contributed by atoms with E-state index in [1.165, 1.54) is 12.1 Å². The first-order valence-corrected chi connectivity index (χ1v) is 6.70. The van der Waals surface area contributed by atoms with Crippen molar-refractivity contribution in [2.45, 2.75) is 13.5 Å². The SMILES string of the molecule is Cc1cccc(-n2cc(CO)c(-c3ccc(F)cc3)n2)c1. The zero-order valence-corrected chi connectivity index (χ0v) is 11.6. The van der Waals surface area contributed by atoms with Crippen LogP contribution in [0.1, 0.15) is 11.1 Å². The second-order valence-corrected chi connectivity index (χ2v) is 4.95. The number of hydrogen-bond acceptors (Lipinski definition) is 2. The van der Waals surface area contributed by atoms with Crippen LogP contribution in [0, 0.1) is 12.7 Å². The highest BCUT2D eigenvalue weighted by atomic mass is 19.1. The number of hydrogen-bond donors (Lipinski definition) is 1. The maximum atomic E-state index is 13.0. The van der Waals surface area contributed by atoms with Gasteiger partial charge >= 0.3 is 0 Å². The Hall–Kier alpha value is -2.46. The molecule has 2 aromatic carbocycles. The second kappa shape index (κ2) is 5.50. The summed E-state index contributed by atoms with van der Waals surface area (Å²) in [7, 11) is 0. The van der Waals surface area contributed by atoms with Crippen LogP contribution < -0.4 is 0 Å². The third-order valence-corrected chi connectivity index (χ3v) is 3.34. The van der Waals surface area contributed by atoms with Crippen LogP contribution >= 0.6 is 0 Å². The van der Waals surface area contributed by atoms with E-state index in [4.69, 9.17) is 0 Å². The van der Waals surface area contributed by atoms with Gasteiger partial charge in [0.25, 0.3) is 0 Å². The summed E-state index contributed by atoms with van der Waals surface area (Å²) < 4.78 is 14.8. The summed E-state index contributed by atoms with van der Waals surface area (Å²) in [4.78, 5) is 0. The van der Waals surface area contributed by atoms with E-state index in [-0.39, 0.29) is 12.4 Å². The summed E-state index contributed by atoms with van der Waals surface area (Å²) in [6, 6.07) is 14.1. The molecule has 106 valence electrons. The number of benzene rings is 2. The zero-order chi connectivity index (χ0) is 14.8. The molecule has 4 heteroatoms. The minimum Gasteiger partial charge on any atom is -0.392 e. The third kappa shape index (κ3) is 2.71. The fourth-order valence-electron chi connectivity index (χ4n) is 2.28. The molecular weight excluding hydrogens is 267 g/mol. The number of rotatable bonds is 3. The summed E-state index contributed by atoms with van der Waals surface area (Å²) >= 11 is 0. The number of nitrogens with zero attached hydrogens (tertiary/aromatic N) is 2. The molecule has 0 aliphatic heterocycles. The number of halogens is 1. The normalized spacial score (nSPS) is 10.8. The van der Waals surface area contributed by atoms with Crippen LogP contribution in [0.2, 0.25) is 0 Å². The van der Waals surface area contributed by atoms with Crippen molar-refractivity contribution in [1.82, 2.24) is 9.78 Å². The highest BCUT2D eigenvalue weighted by molar-refractivity contribution is 5.63. The second-order valence-electron chi connectivity index (χ2n) is 4.95. The van der Waals surface area contributed by atoms with E-state index in [9.17, 15) is 9.50 Å². The van der Waals surface area contributed by atoms with Crippen LogP contribution in [-0.4, -0.2) is 14.9 Å². The maximum absolute atomic E-state index is 13.0. The minimum absolute atomic E-state index is 0.113. The molecule has 0 unspecified atom stereocenters. The molecule has 0 saturated carbocycles. The largest absolute Gasteiger partial charge is 0.392 e. The average molecular weight is 282 g/mol. The molecule has 3 aromatic rings. The van der Waals surface area contributed by atoms with E-state index in [2.05, 4.69) is 5.10 Å². The third-order valence-electron chi connectivity index (χ3n) is 3.34. The van der Waals surface area contributed by atoms with Crippen molar-refractivity contribution in [2.24, 2.45) is 0 Å². The van der Waals surface area contributed by atoms with Gasteiger partial charge in [-0.2, -0.15) is 5.10 Å². The number of aromatic nitrogens is 2. The average Bonchev–Trinajstić information content (AvgIpc) is 2.92. The summed E-state index contributed by atoms with van der Waals surface area (Å²) in [5.74, 6) is -0.289. The lowest BCUT2D eigenvalue weighted by Crippen LogP contribution is -1.95. The number of aliphatic hydroxyl groups is 1.